The fraction of sp³-hybridized carbons (Fsp3) is 0.231. The van der Waals surface area contributed by atoms with E-state index >= 15 is 0 Å². The predicted molar refractivity (Wildman–Crippen MR) is 132 cm³/mol. The normalized spacial score (nSPS) is 13.0. The predicted octanol–water partition coefficient (Wildman–Crippen LogP) is 5.23. The topological polar surface area (TPSA) is 84.0 Å². The Morgan fingerprint density at radius 1 is 1.18 bits per heavy atom. The second-order valence-corrected chi connectivity index (χ2v) is 8.67. The summed E-state index contributed by atoms with van der Waals surface area (Å²) in [5, 5.41) is 8.43. The SMILES string of the molecule is CCOC(=O)c1cnc(-c2cccc(C)c2)nc1N1CCc2[nH]nc(-c3ccc(Cl)cc3)c2C1. The summed E-state index contributed by atoms with van der Waals surface area (Å²) >= 11 is 6.07. The lowest BCUT2D eigenvalue weighted by Crippen LogP contribution is -2.32. The summed E-state index contributed by atoms with van der Waals surface area (Å²) in [4.78, 5) is 24.2. The standard InChI is InChI=1S/C26H24ClN5O2/c1-3-34-26(33)20-14-28-24(18-6-4-5-16(2)13-18)29-25(20)32-12-11-22-21(15-32)23(31-30-22)17-7-9-19(27)10-8-17/h4-10,13-14H,3,11-12,15H2,1-2H3,(H,30,31). The van der Waals surface area contributed by atoms with E-state index in [-0.39, 0.29) is 6.61 Å². The number of halogens is 1. The first-order valence-corrected chi connectivity index (χ1v) is 11.6. The van der Waals surface area contributed by atoms with Gasteiger partial charge in [-0.3, -0.25) is 5.10 Å². The van der Waals surface area contributed by atoms with Crippen molar-refractivity contribution in [2.75, 3.05) is 18.1 Å². The maximum atomic E-state index is 12.8. The third-order valence-corrected chi connectivity index (χ3v) is 6.14. The lowest BCUT2D eigenvalue weighted by atomic mass is 10.0. The molecule has 0 saturated heterocycles. The van der Waals surface area contributed by atoms with Crippen molar-refractivity contribution in [3.8, 4) is 22.6 Å². The number of esters is 1. The fourth-order valence-electron chi connectivity index (χ4n) is 4.21. The number of rotatable bonds is 5. The van der Waals surface area contributed by atoms with Crippen LogP contribution in [0.4, 0.5) is 5.82 Å². The molecule has 0 unspecified atom stereocenters. The van der Waals surface area contributed by atoms with Crippen LogP contribution in [0.1, 0.15) is 34.1 Å². The summed E-state index contributed by atoms with van der Waals surface area (Å²) in [6, 6.07) is 15.6. The molecule has 0 fully saturated rings. The highest BCUT2D eigenvalue weighted by atomic mass is 35.5. The maximum absolute atomic E-state index is 12.8. The number of nitrogens with zero attached hydrogens (tertiary/aromatic N) is 4. The lowest BCUT2D eigenvalue weighted by Gasteiger charge is -2.29. The average molecular weight is 474 g/mol. The molecule has 5 rings (SSSR count). The smallest absolute Gasteiger partial charge is 0.343 e. The molecule has 1 aliphatic heterocycles. The molecule has 4 aromatic rings. The molecule has 0 radical (unpaired) electrons. The zero-order chi connectivity index (χ0) is 23.7. The van der Waals surface area contributed by atoms with Gasteiger partial charge in [0.2, 0.25) is 0 Å². The highest BCUT2D eigenvalue weighted by Crippen LogP contribution is 2.33. The minimum Gasteiger partial charge on any atom is -0.462 e. The third kappa shape index (κ3) is 4.26. The van der Waals surface area contributed by atoms with Crippen LogP contribution in [0.25, 0.3) is 22.6 Å². The molecule has 2 aromatic heterocycles. The largest absolute Gasteiger partial charge is 0.462 e. The van der Waals surface area contributed by atoms with Gasteiger partial charge in [0.25, 0.3) is 0 Å². The van der Waals surface area contributed by atoms with E-state index < -0.39 is 5.97 Å². The van der Waals surface area contributed by atoms with Crippen LogP contribution in [0.15, 0.2) is 54.7 Å². The second-order valence-electron chi connectivity index (χ2n) is 8.23. The number of hydrogen-bond acceptors (Lipinski definition) is 6. The Kier molecular flexibility index (Phi) is 6.02. The molecule has 0 amide bonds. The first-order chi connectivity index (χ1) is 16.5. The molecule has 1 N–H and O–H groups in total. The Morgan fingerprint density at radius 3 is 2.76 bits per heavy atom. The van der Waals surface area contributed by atoms with Crippen LogP contribution in [0.2, 0.25) is 5.02 Å². The van der Waals surface area contributed by atoms with Crippen molar-refractivity contribution in [3.05, 3.63) is 82.1 Å². The van der Waals surface area contributed by atoms with Gasteiger partial charge in [0, 0.05) is 53.1 Å². The Balaban J connectivity index is 1.55. The van der Waals surface area contributed by atoms with E-state index in [9.17, 15) is 4.79 Å². The number of aryl methyl sites for hydroxylation is 1. The summed E-state index contributed by atoms with van der Waals surface area (Å²) in [5.41, 5.74) is 6.41. The highest BCUT2D eigenvalue weighted by molar-refractivity contribution is 6.30. The number of H-pyrrole nitrogens is 1. The van der Waals surface area contributed by atoms with Crippen molar-refractivity contribution >= 4 is 23.4 Å². The number of anilines is 1. The van der Waals surface area contributed by atoms with E-state index in [2.05, 4.69) is 20.1 Å². The van der Waals surface area contributed by atoms with Crippen molar-refractivity contribution < 1.29 is 9.53 Å². The van der Waals surface area contributed by atoms with Crippen LogP contribution in [-0.2, 0) is 17.7 Å². The van der Waals surface area contributed by atoms with Gasteiger partial charge in [0.1, 0.15) is 11.4 Å². The van der Waals surface area contributed by atoms with E-state index in [0.29, 0.717) is 35.3 Å². The zero-order valence-corrected chi connectivity index (χ0v) is 19.8. The van der Waals surface area contributed by atoms with Gasteiger partial charge in [-0.15, -0.1) is 0 Å². The number of carbonyl (C=O) groups excluding carboxylic acids is 1. The first kappa shape index (κ1) is 22.1. The number of ether oxygens (including phenoxy) is 1. The van der Waals surface area contributed by atoms with E-state index in [4.69, 9.17) is 21.3 Å². The van der Waals surface area contributed by atoms with Gasteiger partial charge in [-0.25, -0.2) is 14.8 Å². The molecule has 1 aliphatic rings. The molecular weight excluding hydrogens is 450 g/mol. The summed E-state index contributed by atoms with van der Waals surface area (Å²) in [7, 11) is 0. The molecule has 7 nitrogen and oxygen atoms in total. The van der Waals surface area contributed by atoms with Crippen molar-refractivity contribution in [2.45, 2.75) is 26.8 Å². The molecule has 0 bridgehead atoms. The number of fused-ring (bicyclic) bond motifs is 1. The van der Waals surface area contributed by atoms with E-state index in [0.717, 1.165) is 40.1 Å². The molecule has 0 aliphatic carbocycles. The van der Waals surface area contributed by atoms with Crippen LogP contribution >= 0.6 is 11.6 Å². The summed E-state index contributed by atoms with van der Waals surface area (Å²) < 4.78 is 5.31. The summed E-state index contributed by atoms with van der Waals surface area (Å²) in [5.74, 6) is 0.714. The minimum atomic E-state index is -0.427. The van der Waals surface area contributed by atoms with Gasteiger partial charge in [-0.05, 0) is 32.0 Å². The maximum Gasteiger partial charge on any atom is 0.343 e. The number of aromatic nitrogens is 4. The number of nitrogens with one attached hydrogen (secondary N) is 1. The Labute approximate surface area is 202 Å². The van der Waals surface area contributed by atoms with Crippen LogP contribution in [-0.4, -0.2) is 39.3 Å². The van der Waals surface area contributed by atoms with Gasteiger partial charge in [0.05, 0.1) is 12.3 Å². The van der Waals surface area contributed by atoms with Gasteiger partial charge < -0.3 is 9.64 Å². The molecule has 0 spiro atoms. The fourth-order valence-corrected chi connectivity index (χ4v) is 4.34. The quantitative estimate of drug-likeness (QED) is 0.399. The lowest BCUT2D eigenvalue weighted by molar-refractivity contribution is 0.0526. The van der Waals surface area contributed by atoms with Crippen molar-refractivity contribution in [3.63, 3.8) is 0 Å². The monoisotopic (exact) mass is 473 g/mol. The van der Waals surface area contributed by atoms with E-state index in [1.54, 1.807) is 13.1 Å². The van der Waals surface area contributed by atoms with Crippen molar-refractivity contribution in [1.82, 2.24) is 20.2 Å². The van der Waals surface area contributed by atoms with Crippen LogP contribution < -0.4 is 4.90 Å². The Bertz CT molecular complexity index is 1350. The van der Waals surface area contributed by atoms with Crippen molar-refractivity contribution in [2.24, 2.45) is 0 Å². The third-order valence-electron chi connectivity index (χ3n) is 5.89. The molecule has 0 saturated carbocycles. The van der Waals surface area contributed by atoms with Gasteiger partial charge in [0.15, 0.2) is 5.82 Å². The Morgan fingerprint density at radius 2 is 2.00 bits per heavy atom. The molecule has 2 aromatic carbocycles. The van der Waals surface area contributed by atoms with E-state index in [1.165, 1.54) is 0 Å². The Hall–Kier alpha value is -3.71. The summed E-state index contributed by atoms with van der Waals surface area (Å²) in [6.07, 6.45) is 2.32. The second kappa shape index (κ2) is 9.27. The van der Waals surface area contributed by atoms with Gasteiger partial charge in [-0.2, -0.15) is 5.10 Å². The summed E-state index contributed by atoms with van der Waals surface area (Å²) in [6.45, 7) is 5.34. The molecule has 34 heavy (non-hydrogen) atoms. The molecule has 3 heterocycles. The molecular formula is C26H24ClN5O2. The van der Waals surface area contributed by atoms with Crippen LogP contribution in [0.5, 0.6) is 0 Å². The van der Waals surface area contributed by atoms with Gasteiger partial charge in [-0.1, -0.05) is 47.5 Å². The van der Waals surface area contributed by atoms with E-state index in [1.807, 2.05) is 55.5 Å². The average Bonchev–Trinajstić information content (AvgIpc) is 3.27. The number of hydrogen-bond donors (Lipinski definition) is 1. The zero-order valence-electron chi connectivity index (χ0n) is 19.0. The number of benzene rings is 2. The molecule has 8 heteroatoms. The number of aromatic amines is 1. The molecule has 0 atom stereocenters. The van der Waals surface area contributed by atoms with Gasteiger partial charge >= 0.3 is 5.97 Å². The van der Waals surface area contributed by atoms with Crippen molar-refractivity contribution in [1.29, 1.82) is 0 Å². The highest BCUT2D eigenvalue weighted by Gasteiger charge is 2.28. The number of carbonyl (C=O) groups is 1. The first-order valence-electron chi connectivity index (χ1n) is 11.2. The molecule has 172 valence electrons. The van der Waals surface area contributed by atoms with Crippen LogP contribution in [0, 0.1) is 6.92 Å². The minimum absolute atomic E-state index is 0.282. The van der Waals surface area contributed by atoms with Crippen LogP contribution in [0.3, 0.4) is 0 Å².